The maximum absolute atomic E-state index is 5.27. The van der Waals surface area contributed by atoms with Gasteiger partial charge in [-0.3, -0.25) is 0 Å². The molecule has 2 heteroatoms. The van der Waals surface area contributed by atoms with Gasteiger partial charge in [-0.1, -0.05) is 25.0 Å². The normalized spacial score (nSPS) is 10.0. The molecule has 0 heterocycles. The van der Waals surface area contributed by atoms with Crippen molar-refractivity contribution in [2.45, 2.75) is 25.7 Å². The van der Waals surface area contributed by atoms with Crippen molar-refractivity contribution in [3.63, 3.8) is 0 Å². The molecule has 0 bridgehead atoms. The van der Waals surface area contributed by atoms with Gasteiger partial charge < -0.3 is 9.47 Å². The summed E-state index contributed by atoms with van der Waals surface area (Å²) in [6, 6.07) is 0. The minimum atomic E-state index is 0.669. The molecule has 0 aliphatic heterocycles. The highest BCUT2D eigenvalue weighted by molar-refractivity contribution is 4.64. The number of unbranched alkanes of at least 4 members (excludes halogenated alkanes) is 3. The second-order valence-corrected chi connectivity index (χ2v) is 3.14. The molecule has 0 N–H and O–H groups in total. The molecule has 82 valence electrons. The lowest BCUT2D eigenvalue weighted by molar-refractivity contribution is 0.147. The van der Waals surface area contributed by atoms with Gasteiger partial charge in [0.15, 0.2) is 0 Å². The van der Waals surface area contributed by atoms with Crippen LogP contribution in [0.15, 0.2) is 25.3 Å². The molecule has 0 unspecified atom stereocenters. The zero-order valence-electron chi connectivity index (χ0n) is 9.04. The zero-order chi connectivity index (χ0) is 10.5. The number of rotatable bonds is 11. The molecule has 14 heavy (non-hydrogen) atoms. The maximum Gasteiger partial charge on any atom is 0.0644 e. The summed E-state index contributed by atoms with van der Waals surface area (Å²) in [7, 11) is 0. The Balaban J connectivity index is 2.84. The maximum atomic E-state index is 5.27. The van der Waals surface area contributed by atoms with Crippen LogP contribution in [-0.4, -0.2) is 26.4 Å². The Labute approximate surface area is 87.6 Å². The van der Waals surface area contributed by atoms with Crippen molar-refractivity contribution in [1.29, 1.82) is 0 Å². The minimum Gasteiger partial charge on any atom is -0.377 e. The fourth-order valence-electron chi connectivity index (χ4n) is 1.10. The summed E-state index contributed by atoms with van der Waals surface area (Å²) >= 11 is 0. The van der Waals surface area contributed by atoms with E-state index in [0.717, 1.165) is 26.1 Å². The monoisotopic (exact) mass is 198 g/mol. The standard InChI is InChI=1S/C12H22O2/c1-3-9-13-11-7-5-6-8-12-14-10-4-2/h3-4H,1-2,5-12H2. The van der Waals surface area contributed by atoms with Crippen LogP contribution in [0.25, 0.3) is 0 Å². The molecule has 0 atom stereocenters. The Morgan fingerprint density at radius 1 is 0.714 bits per heavy atom. The van der Waals surface area contributed by atoms with E-state index in [-0.39, 0.29) is 0 Å². The zero-order valence-corrected chi connectivity index (χ0v) is 9.04. The largest absolute Gasteiger partial charge is 0.377 e. The van der Waals surface area contributed by atoms with Crippen molar-refractivity contribution in [2.24, 2.45) is 0 Å². The van der Waals surface area contributed by atoms with Crippen LogP contribution in [0.4, 0.5) is 0 Å². The highest BCUT2D eigenvalue weighted by atomic mass is 16.5. The third-order valence-corrected chi connectivity index (χ3v) is 1.80. The van der Waals surface area contributed by atoms with Crippen LogP contribution in [0.3, 0.4) is 0 Å². The lowest BCUT2D eigenvalue weighted by Gasteiger charge is -2.02. The van der Waals surface area contributed by atoms with Gasteiger partial charge in [0.2, 0.25) is 0 Å². The van der Waals surface area contributed by atoms with E-state index in [1.54, 1.807) is 12.2 Å². The van der Waals surface area contributed by atoms with E-state index < -0.39 is 0 Å². The van der Waals surface area contributed by atoms with E-state index in [0.29, 0.717) is 13.2 Å². The van der Waals surface area contributed by atoms with Gasteiger partial charge in [0, 0.05) is 13.2 Å². The molecule has 0 aromatic rings. The Bertz CT molecular complexity index is 116. The molecule has 0 aromatic carbocycles. The van der Waals surface area contributed by atoms with E-state index in [4.69, 9.17) is 9.47 Å². The average molecular weight is 198 g/mol. The van der Waals surface area contributed by atoms with Crippen LogP contribution >= 0.6 is 0 Å². The van der Waals surface area contributed by atoms with E-state index in [2.05, 4.69) is 13.2 Å². The molecular formula is C12H22O2. The van der Waals surface area contributed by atoms with Crippen molar-refractivity contribution in [2.75, 3.05) is 26.4 Å². The summed E-state index contributed by atoms with van der Waals surface area (Å²) in [5.74, 6) is 0. The summed E-state index contributed by atoms with van der Waals surface area (Å²) in [4.78, 5) is 0. The van der Waals surface area contributed by atoms with Gasteiger partial charge in [0.25, 0.3) is 0 Å². The SMILES string of the molecule is C=CCOCCCCCCOCC=C. The van der Waals surface area contributed by atoms with Crippen LogP contribution in [0.1, 0.15) is 25.7 Å². The number of hydrogen-bond acceptors (Lipinski definition) is 2. The second-order valence-electron chi connectivity index (χ2n) is 3.14. The fraction of sp³-hybridized carbons (Fsp3) is 0.667. The Kier molecular flexibility index (Phi) is 11.9. The second kappa shape index (κ2) is 12.4. The predicted molar refractivity (Wildman–Crippen MR) is 60.5 cm³/mol. The molecule has 0 rings (SSSR count). The molecule has 0 aliphatic rings. The molecule has 0 saturated heterocycles. The first-order valence-electron chi connectivity index (χ1n) is 5.29. The van der Waals surface area contributed by atoms with E-state index in [9.17, 15) is 0 Å². The van der Waals surface area contributed by atoms with Crippen LogP contribution in [-0.2, 0) is 9.47 Å². The number of hydrogen-bond donors (Lipinski definition) is 0. The van der Waals surface area contributed by atoms with Gasteiger partial charge in [-0.2, -0.15) is 0 Å². The molecule has 0 fully saturated rings. The Hall–Kier alpha value is -0.600. The lowest BCUT2D eigenvalue weighted by atomic mass is 10.2. The molecule has 0 amide bonds. The topological polar surface area (TPSA) is 18.5 Å². The average Bonchev–Trinajstić information content (AvgIpc) is 2.21. The quantitative estimate of drug-likeness (QED) is 0.375. The predicted octanol–water partition coefficient (Wildman–Crippen LogP) is 2.95. The number of ether oxygens (including phenoxy) is 2. The van der Waals surface area contributed by atoms with Crippen molar-refractivity contribution >= 4 is 0 Å². The van der Waals surface area contributed by atoms with Crippen LogP contribution < -0.4 is 0 Å². The first kappa shape index (κ1) is 13.4. The van der Waals surface area contributed by atoms with Crippen LogP contribution in [0.5, 0.6) is 0 Å². The third kappa shape index (κ3) is 11.4. The van der Waals surface area contributed by atoms with Crippen molar-refractivity contribution < 1.29 is 9.47 Å². The molecule has 0 spiro atoms. The fourth-order valence-corrected chi connectivity index (χ4v) is 1.10. The van der Waals surface area contributed by atoms with Gasteiger partial charge in [-0.15, -0.1) is 13.2 Å². The summed E-state index contributed by atoms with van der Waals surface area (Å²) in [6.45, 7) is 10.2. The van der Waals surface area contributed by atoms with Crippen molar-refractivity contribution in [3.8, 4) is 0 Å². The minimum absolute atomic E-state index is 0.669. The van der Waals surface area contributed by atoms with Crippen molar-refractivity contribution in [3.05, 3.63) is 25.3 Å². The van der Waals surface area contributed by atoms with Gasteiger partial charge in [0.05, 0.1) is 13.2 Å². The summed E-state index contributed by atoms with van der Waals surface area (Å²) < 4.78 is 10.5. The molecular weight excluding hydrogens is 176 g/mol. The van der Waals surface area contributed by atoms with Crippen LogP contribution in [0.2, 0.25) is 0 Å². The van der Waals surface area contributed by atoms with Gasteiger partial charge in [-0.25, -0.2) is 0 Å². The van der Waals surface area contributed by atoms with Crippen molar-refractivity contribution in [1.82, 2.24) is 0 Å². The Morgan fingerprint density at radius 2 is 1.14 bits per heavy atom. The summed E-state index contributed by atoms with van der Waals surface area (Å²) in [5, 5.41) is 0. The first-order valence-corrected chi connectivity index (χ1v) is 5.29. The molecule has 0 aromatic heterocycles. The Morgan fingerprint density at radius 3 is 1.50 bits per heavy atom. The third-order valence-electron chi connectivity index (χ3n) is 1.80. The smallest absolute Gasteiger partial charge is 0.0644 e. The highest BCUT2D eigenvalue weighted by Gasteiger charge is 1.90. The first-order chi connectivity index (χ1) is 6.91. The van der Waals surface area contributed by atoms with Gasteiger partial charge in [0.1, 0.15) is 0 Å². The van der Waals surface area contributed by atoms with Gasteiger partial charge in [-0.05, 0) is 12.8 Å². The summed E-state index contributed by atoms with van der Waals surface area (Å²) in [5.41, 5.74) is 0. The molecule has 0 saturated carbocycles. The summed E-state index contributed by atoms with van der Waals surface area (Å²) in [6.07, 6.45) is 8.26. The molecule has 0 aliphatic carbocycles. The van der Waals surface area contributed by atoms with E-state index in [1.807, 2.05) is 0 Å². The van der Waals surface area contributed by atoms with Gasteiger partial charge >= 0.3 is 0 Å². The highest BCUT2D eigenvalue weighted by Crippen LogP contribution is 2.00. The van der Waals surface area contributed by atoms with E-state index in [1.165, 1.54) is 12.8 Å². The molecule has 2 nitrogen and oxygen atoms in total. The van der Waals surface area contributed by atoms with E-state index >= 15 is 0 Å². The lowest BCUT2D eigenvalue weighted by Crippen LogP contribution is -1.96. The molecule has 0 radical (unpaired) electrons. The van der Waals surface area contributed by atoms with Crippen LogP contribution in [0, 0.1) is 0 Å².